The maximum absolute atomic E-state index is 13.3. The molecule has 2 aromatic carbocycles. The predicted octanol–water partition coefficient (Wildman–Crippen LogP) is 5.22. The minimum Gasteiger partial charge on any atom is -0.252 e. The summed E-state index contributed by atoms with van der Waals surface area (Å²) in [6.45, 7) is 6.83. The van der Waals surface area contributed by atoms with Crippen LogP contribution in [0.1, 0.15) is 49.3 Å². The van der Waals surface area contributed by atoms with Crippen LogP contribution in [0.5, 0.6) is 0 Å². The van der Waals surface area contributed by atoms with Gasteiger partial charge >= 0.3 is 0 Å². The van der Waals surface area contributed by atoms with Gasteiger partial charge in [-0.1, -0.05) is 55.8 Å². The molecule has 4 rings (SSSR count). The summed E-state index contributed by atoms with van der Waals surface area (Å²) in [5, 5.41) is 0.996. The maximum Gasteiger partial charge on any atom is 0.243 e. The van der Waals surface area contributed by atoms with E-state index >= 15 is 0 Å². The average molecular weight is 470 g/mol. The molecule has 170 valence electrons. The highest BCUT2D eigenvalue weighted by Gasteiger charge is 2.42. The molecule has 1 saturated heterocycles. The number of hydrogen-bond donors (Lipinski definition) is 0. The Kier molecular flexibility index (Phi) is 6.89. The Morgan fingerprint density at radius 2 is 1.75 bits per heavy atom. The summed E-state index contributed by atoms with van der Waals surface area (Å²) in [5.74, 6) is 1.02. The number of nitrogens with zero attached hydrogens (tertiary/aromatic N) is 3. The fraction of sp³-hybridized carbons (Fsp3) is 0.440. The van der Waals surface area contributed by atoms with Gasteiger partial charge in [-0.3, -0.25) is 4.99 Å². The zero-order chi connectivity index (χ0) is 22.8. The van der Waals surface area contributed by atoms with Gasteiger partial charge in [0.25, 0.3) is 0 Å². The van der Waals surface area contributed by atoms with Crippen molar-refractivity contribution in [3.05, 3.63) is 65.2 Å². The first-order chi connectivity index (χ1) is 15.3. The molecule has 0 aromatic heterocycles. The number of rotatable bonds is 6. The Hall–Kier alpha value is -1.96. The zero-order valence-corrected chi connectivity index (χ0v) is 20.7. The number of aliphatic imine (C=N–C) groups is 2. The van der Waals surface area contributed by atoms with Gasteiger partial charge in [-0.25, -0.2) is 13.4 Å². The Bertz CT molecular complexity index is 1130. The van der Waals surface area contributed by atoms with Crippen molar-refractivity contribution in [1.82, 2.24) is 4.31 Å². The summed E-state index contributed by atoms with van der Waals surface area (Å²) in [7, 11) is -3.53. The average Bonchev–Trinajstić information content (AvgIpc) is 3.14. The third-order valence-electron chi connectivity index (χ3n) is 6.10. The summed E-state index contributed by atoms with van der Waals surface area (Å²) in [5.41, 5.74) is 3.23. The van der Waals surface area contributed by atoms with Crippen LogP contribution < -0.4 is 0 Å². The Labute approximate surface area is 196 Å². The highest BCUT2D eigenvalue weighted by atomic mass is 32.2. The van der Waals surface area contributed by atoms with E-state index in [-0.39, 0.29) is 0 Å². The van der Waals surface area contributed by atoms with Crippen molar-refractivity contribution in [3.8, 4) is 0 Å². The van der Waals surface area contributed by atoms with Crippen LogP contribution >= 0.6 is 11.8 Å². The molecule has 2 aliphatic heterocycles. The van der Waals surface area contributed by atoms with Crippen molar-refractivity contribution >= 4 is 32.5 Å². The summed E-state index contributed by atoms with van der Waals surface area (Å²) in [6.07, 6.45) is 3.49. The smallest absolute Gasteiger partial charge is 0.243 e. The molecule has 2 heterocycles. The lowest BCUT2D eigenvalue weighted by atomic mass is 10.00. The van der Waals surface area contributed by atoms with Gasteiger partial charge in [-0.05, 0) is 43.2 Å². The van der Waals surface area contributed by atoms with Gasteiger partial charge in [0.1, 0.15) is 5.04 Å². The molecule has 0 N–H and O–H groups in total. The Morgan fingerprint density at radius 1 is 1.03 bits per heavy atom. The molecule has 1 fully saturated rings. The van der Waals surface area contributed by atoms with E-state index < -0.39 is 15.7 Å². The van der Waals surface area contributed by atoms with Crippen LogP contribution in [0.2, 0.25) is 0 Å². The van der Waals surface area contributed by atoms with Crippen LogP contribution in [0.4, 0.5) is 0 Å². The van der Waals surface area contributed by atoms with Crippen molar-refractivity contribution in [2.75, 3.05) is 18.8 Å². The van der Waals surface area contributed by atoms with Crippen LogP contribution in [0.15, 0.2) is 63.4 Å². The molecular formula is C25H31N3O2S2. The molecule has 0 aliphatic carbocycles. The molecule has 2 aromatic rings. The lowest BCUT2D eigenvalue weighted by Crippen LogP contribution is -2.44. The Balaban J connectivity index is 1.57. The predicted molar refractivity (Wildman–Crippen MR) is 134 cm³/mol. The second kappa shape index (κ2) is 9.49. The quantitative estimate of drug-likeness (QED) is 0.545. The largest absolute Gasteiger partial charge is 0.252 e. The first-order valence-electron chi connectivity index (χ1n) is 11.3. The zero-order valence-electron chi connectivity index (χ0n) is 19.0. The minimum atomic E-state index is -3.53. The van der Waals surface area contributed by atoms with E-state index in [1.165, 1.54) is 0 Å². The standard InChI is InChI=1S/C25H31N3O2S2/c1-4-5-17-31-24-23(21-9-7-6-8-10-21)26-25(27-24)13-15-28(16-14-25)32(29,30)22-18-19(2)11-12-20(22)3/h6-12,18H,4-5,13-17H2,1-3H3. The molecule has 0 saturated carbocycles. The molecule has 0 amide bonds. The lowest BCUT2D eigenvalue weighted by Gasteiger charge is -2.35. The number of hydrogen-bond acceptors (Lipinski definition) is 5. The lowest BCUT2D eigenvalue weighted by molar-refractivity contribution is 0.249. The van der Waals surface area contributed by atoms with Crippen LogP contribution in [0.3, 0.4) is 0 Å². The third-order valence-corrected chi connectivity index (χ3v) is 9.19. The van der Waals surface area contributed by atoms with E-state index in [1.54, 1.807) is 22.1 Å². The van der Waals surface area contributed by atoms with Crippen molar-refractivity contribution in [2.45, 2.75) is 57.0 Å². The van der Waals surface area contributed by atoms with Gasteiger partial charge in [0, 0.05) is 31.5 Å². The fourth-order valence-electron chi connectivity index (χ4n) is 4.15. The molecule has 0 bridgehead atoms. The first kappa shape index (κ1) is 23.2. The fourth-order valence-corrected chi connectivity index (χ4v) is 7.07. The van der Waals surface area contributed by atoms with Gasteiger partial charge in [0.2, 0.25) is 10.0 Å². The maximum atomic E-state index is 13.3. The summed E-state index contributed by atoms with van der Waals surface area (Å²) >= 11 is 1.77. The van der Waals surface area contributed by atoms with Crippen molar-refractivity contribution in [1.29, 1.82) is 0 Å². The number of unbranched alkanes of at least 4 members (excludes halogenated alkanes) is 1. The van der Waals surface area contributed by atoms with E-state index in [1.807, 2.05) is 44.2 Å². The molecular weight excluding hydrogens is 438 g/mol. The minimum absolute atomic E-state index is 0.410. The van der Waals surface area contributed by atoms with E-state index in [0.717, 1.165) is 46.0 Å². The van der Waals surface area contributed by atoms with E-state index in [0.29, 0.717) is 30.8 Å². The van der Waals surface area contributed by atoms with Crippen molar-refractivity contribution < 1.29 is 8.42 Å². The number of benzene rings is 2. The summed E-state index contributed by atoms with van der Waals surface area (Å²) in [4.78, 5) is 10.6. The van der Waals surface area contributed by atoms with Gasteiger partial charge in [0.15, 0.2) is 5.66 Å². The number of sulfonamides is 1. The number of thioether (sulfide) groups is 1. The van der Waals surface area contributed by atoms with Gasteiger partial charge in [0.05, 0.1) is 10.6 Å². The SMILES string of the molecule is CCCCSC1=NC2(CCN(S(=O)(=O)c3cc(C)ccc3C)CC2)N=C1c1ccccc1. The molecule has 32 heavy (non-hydrogen) atoms. The molecule has 1 spiro atoms. The molecule has 0 radical (unpaired) electrons. The van der Waals surface area contributed by atoms with Crippen LogP contribution in [0, 0.1) is 13.8 Å². The van der Waals surface area contributed by atoms with Crippen molar-refractivity contribution in [3.63, 3.8) is 0 Å². The van der Waals surface area contributed by atoms with Gasteiger partial charge in [-0.2, -0.15) is 4.31 Å². The summed E-state index contributed by atoms with van der Waals surface area (Å²) in [6, 6.07) is 15.8. The van der Waals surface area contributed by atoms with Gasteiger partial charge < -0.3 is 0 Å². The summed E-state index contributed by atoms with van der Waals surface area (Å²) < 4.78 is 28.3. The third kappa shape index (κ3) is 4.70. The van der Waals surface area contributed by atoms with E-state index in [9.17, 15) is 8.42 Å². The highest BCUT2D eigenvalue weighted by molar-refractivity contribution is 8.15. The number of piperidine rings is 1. The normalized spacial score (nSPS) is 18.6. The second-order valence-corrected chi connectivity index (χ2v) is 11.6. The van der Waals surface area contributed by atoms with Crippen LogP contribution in [-0.4, -0.2) is 48.0 Å². The molecule has 7 heteroatoms. The molecule has 0 unspecified atom stereocenters. The number of aryl methyl sites for hydroxylation is 2. The monoisotopic (exact) mass is 469 g/mol. The van der Waals surface area contributed by atoms with Crippen LogP contribution in [-0.2, 0) is 10.0 Å². The van der Waals surface area contributed by atoms with Crippen molar-refractivity contribution in [2.24, 2.45) is 9.98 Å². The van der Waals surface area contributed by atoms with Crippen LogP contribution in [0.25, 0.3) is 0 Å². The first-order valence-corrected chi connectivity index (χ1v) is 13.7. The van der Waals surface area contributed by atoms with E-state index in [4.69, 9.17) is 9.98 Å². The Morgan fingerprint density at radius 3 is 2.44 bits per heavy atom. The second-order valence-electron chi connectivity index (χ2n) is 8.60. The highest BCUT2D eigenvalue weighted by Crippen LogP contribution is 2.37. The molecule has 5 nitrogen and oxygen atoms in total. The van der Waals surface area contributed by atoms with E-state index in [2.05, 4.69) is 19.1 Å². The molecule has 2 aliphatic rings. The topological polar surface area (TPSA) is 62.1 Å². The van der Waals surface area contributed by atoms with Gasteiger partial charge in [-0.15, -0.1) is 11.8 Å². The molecule has 0 atom stereocenters.